The fourth-order valence-corrected chi connectivity index (χ4v) is 2.71. The highest BCUT2D eigenvalue weighted by Crippen LogP contribution is 2.26. The van der Waals surface area contributed by atoms with E-state index in [0.717, 1.165) is 38.5 Å². The minimum absolute atomic E-state index is 0.603. The van der Waals surface area contributed by atoms with E-state index in [1.807, 2.05) is 0 Å². The van der Waals surface area contributed by atoms with E-state index in [1.54, 1.807) is 0 Å². The van der Waals surface area contributed by atoms with Crippen LogP contribution >= 0.6 is 15.9 Å². The first-order valence-electron chi connectivity index (χ1n) is 6.92. The molecule has 0 saturated carbocycles. The number of rotatable bonds is 4. The van der Waals surface area contributed by atoms with Gasteiger partial charge in [0.05, 0.1) is 0 Å². The quantitative estimate of drug-likeness (QED) is 0.920. The van der Waals surface area contributed by atoms with Gasteiger partial charge in [0.2, 0.25) is 0 Å². The van der Waals surface area contributed by atoms with Crippen molar-refractivity contribution in [3.05, 3.63) is 27.7 Å². The number of hydrogen-bond acceptors (Lipinski definition) is 3. The van der Waals surface area contributed by atoms with Crippen LogP contribution in [0.1, 0.15) is 18.1 Å². The molecule has 1 fully saturated rings. The van der Waals surface area contributed by atoms with Crippen LogP contribution in [0.5, 0.6) is 5.75 Å². The fraction of sp³-hybridized carbons (Fsp3) is 0.600. The van der Waals surface area contributed by atoms with E-state index in [-0.39, 0.29) is 0 Å². The summed E-state index contributed by atoms with van der Waals surface area (Å²) in [6.45, 7) is 11.5. The van der Waals surface area contributed by atoms with Gasteiger partial charge in [0.15, 0.2) is 0 Å². The summed E-state index contributed by atoms with van der Waals surface area (Å²) in [5.41, 5.74) is 2.45. The molecule has 1 aromatic rings. The molecule has 106 valence electrons. The Hall–Kier alpha value is -0.580. The van der Waals surface area contributed by atoms with Gasteiger partial charge in [-0.2, -0.15) is 0 Å². The molecule has 0 radical (unpaired) electrons. The molecule has 3 nitrogen and oxygen atoms in total. The third-order valence-electron chi connectivity index (χ3n) is 3.70. The zero-order valence-corrected chi connectivity index (χ0v) is 13.6. The van der Waals surface area contributed by atoms with Gasteiger partial charge in [-0.15, -0.1) is 0 Å². The van der Waals surface area contributed by atoms with E-state index in [2.05, 4.69) is 59.1 Å². The van der Waals surface area contributed by atoms with Crippen molar-refractivity contribution in [2.24, 2.45) is 0 Å². The topological polar surface area (TPSA) is 24.5 Å². The maximum Gasteiger partial charge on any atom is 0.119 e. The Morgan fingerprint density at radius 3 is 2.68 bits per heavy atom. The Bertz CT molecular complexity index is 413. The van der Waals surface area contributed by atoms with Gasteiger partial charge in [-0.05, 0) is 44.0 Å². The van der Waals surface area contributed by atoms with Gasteiger partial charge in [-0.1, -0.05) is 15.9 Å². The van der Waals surface area contributed by atoms with Crippen molar-refractivity contribution < 1.29 is 4.74 Å². The van der Waals surface area contributed by atoms with Gasteiger partial charge in [-0.25, -0.2) is 0 Å². The third kappa shape index (κ3) is 3.94. The lowest BCUT2D eigenvalue weighted by Crippen LogP contribution is -2.50. The van der Waals surface area contributed by atoms with Crippen molar-refractivity contribution in [3.8, 4) is 5.75 Å². The predicted molar refractivity (Wildman–Crippen MR) is 83.0 cm³/mol. The molecule has 1 saturated heterocycles. The van der Waals surface area contributed by atoms with E-state index < -0.39 is 0 Å². The lowest BCUT2D eigenvalue weighted by atomic mass is 10.1. The number of piperazine rings is 1. The van der Waals surface area contributed by atoms with Crippen molar-refractivity contribution in [1.82, 2.24) is 10.2 Å². The van der Waals surface area contributed by atoms with Gasteiger partial charge < -0.3 is 10.1 Å². The van der Waals surface area contributed by atoms with Gasteiger partial charge >= 0.3 is 0 Å². The summed E-state index contributed by atoms with van der Waals surface area (Å²) in [6.07, 6.45) is 0. The average molecular weight is 327 g/mol. The molecule has 2 rings (SSSR count). The molecule has 0 unspecified atom stereocenters. The number of aryl methyl sites for hydroxylation is 2. The van der Waals surface area contributed by atoms with Crippen molar-refractivity contribution in [1.29, 1.82) is 0 Å². The molecule has 0 amide bonds. The first kappa shape index (κ1) is 14.8. The van der Waals surface area contributed by atoms with E-state index >= 15 is 0 Å². The maximum atomic E-state index is 5.89. The van der Waals surface area contributed by atoms with Crippen LogP contribution < -0.4 is 10.1 Å². The van der Waals surface area contributed by atoms with E-state index in [1.165, 1.54) is 15.6 Å². The number of nitrogens with one attached hydrogen (secondary N) is 1. The SMILES string of the molecule is Cc1cc(OCCN2CCNC[C@@H]2C)cc(C)c1Br. The molecule has 0 aliphatic carbocycles. The minimum Gasteiger partial charge on any atom is -0.492 e. The molecule has 0 aromatic heterocycles. The molecule has 1 aromatic carbocycles. The predicted octanol–water partition coefficient (Wildman–Crippen LogP) is 2.74. The average Bonchev–Trinajstić information content (AvgIpc) is 2.38. The monoisotopic (exact) mass is 326 g/mol. The Morgan fingerprint density at radius 2 is 2.05 bits per heavy atom. The van der Waals surface area contributed by atoms with Crippen LogP contribution in [0.15, 0.2) is 16.6 Å². The van der Waals surface area contributed by atoms with Crippen LogP contribution in [-0.4, -0.2) is 43.7 Å². The number of hydrogen-bond donors (Lipinski definition) is 1. The summed E-state index contributed by atoms with van der Waals surface area (Å²) in [7, 11) is 0. The van der Waals surface area contributed by atoms with Crippen molar-refractivity contribution in [2.45, 2.75) is 26.8 Å². The first-order chi connectivity index (χ1) is 9.08. The standard InChI is InChI=1S/C15H23BrN2O/c1-11-8-14(9-12(2)15(11)16)19-7-6-18-5-4-17-10-13(18)3/h8-9,13,17H,4-7,10H2,1-3H3/t13-/m0/s1. The van der Waals surface area contributed by atoms with E-state index in [0.29, 0.717) is 6.04 Å². The highest BCUT2D eigenvalue weighted by molar-refractivity contribution is 9.10. The first-order valence-corrected chi connectivity index (χ1v) is 7.71. The Labute approximate surface area is 124 Å². The summed E-state index contributed by atoms with van der Waals surface area (Å²) >= 11 is 3.58. The lowest BCUT2D eigenvalue weighted by Gasteiger charge is -2.33. The highest BCUT2D eigenvalue weighted by atomic mass is 79.9. The van der Waals surface area contributed by atoms with Crippen molar-refractivity contribution in [3.63, 3.8) is 0 Å². The Morgan fingerprint density at radius 1 is 1.37 bits per heavy atom. The number of nitrogens with zero attached hydrogens (tertiary/aromatic N) is 1. The zero-order valence-electron chi connectivity index (χ0n) is 12.0. The number of benzene rings is 1. The molecule has 1 atom stereocenters. The Balaban J connectivity index is 1.85. The summed E-state index contributed by atoms with van der Waals surface area (Å²) < 4.78 is 7.07. The smallest absolute Gasteiger partial charge is 0.119 e. The Kier molecular flexibility index (Phi) is 5.25. The summed E-state index contributed by atoms with van der Waals surface area (Å²) in [5.74, 6) is 0.973. The molecular formula is C15H23BrN2O. The van der Waals surface area contributed by atoms with Gasteiger partial charge in [0.25, 0.3) is 0 Å². The largest absolute Gasteiger partial charge is 0.492 e. The molecule has 1 N–H and O–H groups in total. The second kappa shape index (κ2) is 6.73. The van der Waals surface area contributed by atoms with Crippen LogP contribution in [0.4, 0.5) is 0 Å². The van der Waals surface area contributed by atoms with Crippen LogP contribution in [0, 0.1) is 13.8 Å². The van der Waals surface area contributed by atoms with Gasteiger partial charge in [0.1, 0.15) is 12.4 Å². The fourth-order valence-electron chi connectivity index (χ4n) is 2.49. The zero-order chi connectivity index (χ0) is 13.8. The van der Waals surface area contributed by atoms with Crippen LogP contribution in [0.2, 0.25) is 0 Å². The second-order valence-electron chi connectivity index (χ2n) is 5.31. The van der Waals surface area contributed by atoms with Crippen molar-refractivity contribution in [2.75, 3.05) is 32.8 Å². The molecule has 0 bridgehead atoms. The van der Waals surface area contributed by atoms with E-state index in [9.17, 15) is 0 Å². The number of ether oxygens (including phenoxy) is 1. The summed E-state index contributed by atoms with van der Waals surface area (Å²) in [6, 6.07) is 4.79. The number of halogens is 1. The minimum atomic E-state index is 0.603. The van der Waals surface area contributed by atoms with Crippen LogP contribution in [-0.2, 0) is 0 Å². The van der Waals surface area contributed by atoms with Gasteiger partial charge in [-0.3, -0.25) is 4.90 Å². The molecule has 1 aliphatic rings. The van der Waals surface area contributed by atoms with Crippen LogP contribution in [0.25, 0.3) is 0 Å². The molecular weight excluding hydrogens is 304 g/mol. The van der Waals surface area contributed by atoms with Gasteiger partial charge in [0, 0.05) is 36.7 Å². The normalized spacial score (nSPS) is 20.5. The lowest BCUT2D eigenvalue weighted by molar-refractivity contribution is 0.143. The van der Waals surface area contributed by atoms with E-state index in [4.69, 9.17) is 4.74 Å². The highest BCUT2D eigenvalue weighted by Gasteiger charge is 2.17. The molecule has 0 spiro atoms. The molecule has 1 aliphatic heterocycles. The molecule has 1 heterocycles. The summed E-state index contributed by atoms with van der Waals surface area (Å²) in [5, 5.41) is 3.41. The molecule has 19 heavy (non-hydrogen) atoms. The van der Waals surface area contributed by atoms with Crippen LogP contribution in [0.3, 0.4) is 0 Å². The maximum absolute atomic E-state index is 5.89. The third-order valence-corrected chi connectivity index (χ3v) is 4.95. The second-order valence-corrected chi connectivity index (χ2v) is 6.10. The summed E-state index contributed by atoms with van der Waals surface area (Å²) in [4.78, 5) is 2.48. The molecule has 4 heteroatoms. The van der Waals surface area contributed by atoms with Crippen molar-refractivity contribution >= 4 is 15.9 Å².